The Morgan fingerprint density at radius 1 is 0.952 bits per heavy atom. The fraction of sp³-hybridized carbons (Fsp3) is 0.394. The number of ether oxygens (including phenoxy) is 1. The SMILES string of the molecule is COc1cccc(CN(C(=O)CN(c2cccc(C)c2C)S(=O)(=O)c2ccccc2)[C@@H](C)C(=O)NC2CCCCC2)c1. The molecule has 1 fully saturated rings. The highest BCUT2D eigenvalue weighted by molar-refractivity contribution is 7.92. The third-order valence-electron chi connectivity index (χ3n) is 8.06. The van der Waals surface area contributed by atoms with Crippen LogP contribution < -0.4 is 14.4 Å². The summed E-state index contributed by atoms with van der Waals surface area (Å²) in [7, 11) is -2.54. The minimum absolute atomic E-state index is 0.0763. The van der Waals surface area contributed by atoms with E-state index in [0.717, 1.165) is 53.1 Å². The maximum absolute atomic E-state index is 14.2. The molecular weight excluding hydrogens is 550 g/mol. The number of rotatable bonds is 11. The van der Waals surface area contributed by atoms with Crippen molar-refractivity contribution >= 4 is 27.5 Å². The van der Waals surface area contributed by atoms with Crippen molar-refractivity contribution in [3.05, 3.63) is 89.5 Å². The number of aryl methyl sites for hydroxylation is 1. The average molecular weight is 592 g/mol. The molecule has 1 aliphatic rings. The molecule has 42 heavy (non-hydrogen) atoms. The number of hydrogen-bond donors (Lipinski definition) is 1. The molecular formula is C33H41N3O5S. The van der Waals surface area contributed by atoms with E-state index in [1.165, 1.54) is 17.0 Å². The van der Waals surface area contributed by atoms with Crippen LogP contribution in [0.5, 0.6) is 5.75 Å². The molecule has 1 saturated carbocycles. The molecule has 3 aromatic rings. The lowest BCUT2D eigenvalue weighted by atomic mass is 9.95. The van der Waals surface area contributed by atoms with Crippen LogP contribution in [0.15, 0.2) is 77.7 Å². The lowest BCUT2D eigenvalue weighted by Crippen LogP contribution is -2.53. The van der Waals surface area contributed by atoms with Gasteiger partial charge in [0.1, 0.15) is 18.3 Å². The van der Waals surface area contributed by atoms with Gasteiger partial charge in [0.15, 0.2) is 0 Å². The highest BCUT2D eigenvalue weighted by Gasteiger charge is 2.34. The maximum atomic E-state index is 14.2. The van der Waals surface area contributed by atoms with Crippen LogP contribution in [0.25, 0.3) is 0 Å². The van der Waals surface area contributed by atoms with Crippen LogP contribution in [0.4, 0.5) is 5.69 Å². The Kier molecular flexibility index (Phi) is 10.3. The van der Waals surface area contributed by atoms with E-state index in [9.17, 15) is 18.0 Å². The first-order valence-electron chi connectivity index (χ1n) is 14.5. The standard InChI is InChI=1S/C33H41N3O5S/c1-24-13-11-20-31(25(24)2)36(42(39,40)30-18-9-6-10-19-30)23-32(37)35(22-27-14-12-17-29(21-27)41-4)26(3)33(38)34-28-15-7-5-8-16-28/h6,9-14,17-21,26,28H,5,7-8,15-16,22-23H2,1-4H3,(H,34,38)/t26-/m0/s1. The molecule has 2 amide bonds. The summed E-state index contributed by atoms with van der Waals surface area (Å²) in [6.07, 6.45) is 5.12. The molecule has 0 bridgehead atoms. The van der Waals surface area contributed by atoms with Gasteiger partial charge in [0.2, 0.25) is 11.8 Å². The fourth-order valence-electron chi connectivity index (χ4n) is 5.36. The summed E-state index contributed by atoms with van der Waals surface area (Å²) in [5, 5.41) is 3.13. The zero-order chi connectivity index (χ0) is 30.3. The van der Waals surface area contributed by atoms with Crippen molar-refractivity contribution in [3.63, 3.8) is 0 Å². The molecule has 0 saturated heterocycles. The minimum atomic E-state index is -4.11. The highest BCUT2D eigenvalue weighted by Crippen LogP contribution is 2.29. The lowest BCUT2D eigenvalue weighted by Gasteiger charge is -2.33. The number of methoxy groups -OCH3 is 1. The quantitative estimate of drug-likeness (QED) is 0.323. The van der Waals surface area contributed by atoms with Crippen molar-refractivity contribution in [3.8, 4) is 5.75 Å². The predicted molar refractivity (Wildman–Crippen MR) is 165 cm³/mol. The molecule has 1 aliphatic carbocycles. The van der Waals surface area contributed by atoms with E-state index in [-0.39, 0.29) is 23.4 Å². The van der Waals surface area contributed by atoms with Crippen LogP contribution in [0.3, 0.4) is 0 Å². The summed E-state index contributed by atoms with van der Waals surface area (Å²) >= 11 is 0. The van der Waals surface area contributed by atoms with E-state index >= 15 is 0 Å². The number of carbonyl (C=O) groups is 2. The average Bonchev–Trinajstić information content (AvgIpc) is 3.00. The van der Waals surface area contributed by atoms with Crippen molar-refractivity contribution in [2.24, 2.45) is 0 Å². The molecule has 4 rings (SSSR count). The normalized spacial score (nSPS) is 14.6. The summed E-state index contributed by atoms with van der Waals surface area (Å²) in [6.45, 7) is 5.09. The van der Waals surface area contributed by atoms with Crippen molar-refractivity contribution in [2.75, 3.05) is 18.0 Å². The summed E-state index contributed by atoms with van der Waals surface area (Å²) in [6, 6.07) is 20.0. The van der Waals surface area contributed by atoms with Crippen LogP contribution in [-0.4, -0.2) is 50.9 Å². The van der Waals surface area contributed by atoms with Gasteiger partial charge in [-0.25, -0.2) is 8.42 Å². The number of carbonyl (C=O) groups excluding carboxylic acids is 2. The molecule has 0 aromatic heterocycles. The number of nitrogens with zero attached hydrogens (tertiary/aromatic N) is 2. The molecule has 0 heterocycles. The van der Waals surface area contributed by atoms with Crippen molar-refractivity contribution in [2.45, 2.75) is 76.4 Å². The Morgan fingerprint density at radius 3 is 2.33 bits per heavy atom. The van der Waals surface area contributed by atoms with Gasteiger partial charge in [0.25, 0.3) is 10.0 Å². The highest BCUT2D eigenvalue weighted by atomic mass is 32.2. The molecule has 0 aliphatic heterocycles. The van der Waals surface area contributed by atoms with Gasteiger partial charge in [-0.1, -0.05) is 61.7 Å². The minimum Gasteiger partial charge on any atom is -0.497 e. The van der Waals surface area contributed by atoms with Gasteiger partial charge in [0, 0.05) is 12.6 Å². The maximum Gasteiger partial charge on any atom is 0.264 e. The van der Waals surface area contributed by atoms with Crippen molar-refractivity contribution < 1.29 is 22.7 Å². The van der Waals surface area contributed by atoms with Gasteiger partial charge in [-0.2, -0.15) is 0 Å². The monoisotopic (exact) mass is 591 g/mol. The third kappa shape index (κ3) is 7.31. The molecule has 0 radical (unpaired) electrons. The lowest BCUT2D eigenvalue weighted by molar-refractivity contribution is -0.139. The van der Waals surface area contributed by atoms with Gasteiger partial charge >= 0.3 is 0 Å². The summed E-state index contributed by atoms with van der Waals surface area (Å²) in [5.41, 5.74) is 2.85. The fourth-order valence-corrected chi connectivity index (χ4v) is 6.85. The summed E-state index contributed by atoms with van der Waals surface area (Å²) in [5.74, 6) is -0.102. The largest absolute Gasteiger partial charge is 0.497 e. The first-order chi connectivity index (χ1) is 20.1. The number of anilines is 1. The first kappa shape index (κ1) is 31.1. The van der Waals surface area contributed by atoms with E-state index in [4.69, 9.17) is 4.74 Å². The van der Waals surface area contributed by atoms with Gasteiger partial charge < -0.3 is 15.0 Å². The van der Waals surface area contributed by atoms with Crippen molar-refractivity contribution in [1.29, 1.82) is 0 Å². The second-order valence-electron chi connectivity index (χ2n) is 10.9. The molecule has 9 heteroatoms. The van der Waals surface area contributed by atoms with Gasteiger partial charge in [0.05, 0.1) is 17.7 Å². The van der Waals surface area contributed by atoms with E-state index in [2.05, 4.69) is 5.32 Å². The Balaban J connectivity index is 1.71. The number of amides is 2. The van der Waals surface area contributed by atoms with Crippen molar-refractivity contribution in [1.82, 2.24) is 10.2 Å². The Labute approximate surface area is 249 Å². The predicted octanol–water partition coefficient (Wildman–Crippen LogP) is 5.37. The molecule has 224 valence electrons. The third-order valence-corrected chi connectivity index (χ3v) is 9.83. The van der Waals surface area contributed by atoms with Crippen LogP contribution in [0.1, 0.15) is 55.7 Å². The van der Waals surface area contributed by atoms with Crippen LogP contribution in [-0.2, 0) is 26.2 Å². The Morgan fingerprint density at radius 2 is 1.64 bits per heavy atom. The second-order valence-corrected chi connectivity index (χ2v) is 12.8. The smallest absolute Gasteiger partial charge is 0.264 e. The molecule has 3 aromatic carbocycles. The molecule has 0 unspecified atom stereocenters. The zero-order valence-electron chi connectivity index (χ0n) is 24.9. The topological polar surface area (TPSA) is 96.0 Å². The summed E-state index contributed by atoms with van der Waals surface area (Å²) < 4.78 is 34.6. The van der Waals surface area contributed by atoms with E-state index in [1.807, 2.05) is 44.2 Å². The molecule has 0 spiro atoms. The zero-order valence-corrected chi connectivity index (χ0v) is 25.7. The van der Waals surface area contributed by atoms with Crippen LogP contribution in [0, 0.1) is 13.8 Å². The van der Waals surface area contributed by atoms with Gasteiger partial charge in [-0.05, 0) is 80.6 Å². The summed E-state index contributed by atoms with van der Waals surface area (Å²) in [4.78, 5) is 29.2. The van der Waals surface area contributed by atoms with E-state index < -0.39 is 28.5 Å². The first-order valence-corrected chi connectivity index (χ1v) is 15.9. The van der Waals surface area contributed by atoms with E-state index in [0.29, 0.717) is 11.4 Å². The van der Waals surface area contributed by atoms with Gasteiger partial charge in [-0.3, -0.25) is 13.9 Å². The molecule has 1 N–H and O–H groups in total. The number of nitrogens with one attached hydrogen (secondary N) is 1. The van der Waals surface area contributed by atoms with Crippen LogP contribution >= 0.6 is 0 Å². The number of hydrogen-bond acceptors (Lipinski definition) is 5. The number of benzene rings is 3. The Bertz CT molecular complexity index is 1490. The molecule has 1 atom stereocenters. The van der Waals surface area contributed by atoms with E-state index in [1.54, 1.807) is 44.4 Å². The van der Waals surface area contributed by atoms with Gasteiger partial charge in [-0.15, -0.1) is 0 Å². The molecule has 8 nitrogen and oxygen atoms in total. The van der Waals surface area contributed by atoms with Crippen LogP contribution in [0.2, 0.25) is 0 Å². The second kappa shape index (κ2) is 13.9. The Hall–Kier alpha value is -3.85. The number of sulfonamides is 1.